The second-order valence-corrected chi connectivity index (χ2v) is 7.80. The van der Waals surface area contributed by atoms with E-state index in [9.17, 15) is 9.59 Å². The Morgan fingerprint density at radius 1 is 1.24 bits per heavy atom. The Kier molecular flexibility index (Phi) is 6.10. The number of hydrogen-bond donors (Lipinski definition) is 0. The summed E-state index contributed by atoms with van der Waals surface area (Å²) in [6.45, 7) is 11.6. The van der Waals surface area contributed by atoms with Gasteiger partial charge in [0.15, 0.2) is 0 Å². The molecule has 1 saturated carbocycles. The van der Waals surface area contributed by atoms with Gasteiger partial charge in [0.2, 0.25) is 0 Å². The van der Waals surface area contributed by atoms with Crippen molar-refractivity contribution >= 4 is 11.9 Å². The molecule has 3 rings (SSSR count). The number of amides is 1. The normalized spacial score (nSPS) is 18.0. The van der Waals surface area contributed by atoms with Crippen molar-refractivity contribution in [1.29, 1.82) is 0 Å². The molecular formula is C21H31N5O3. The summed E-state index contributed by atoms with van der Waals surface area (Å²) >= 11 is 0. The Morgan fingerprint density at radius 3 is 2.55 bits per heavy atom. The minimum absolute atomic E-state index is 0.0652. The second kappa shape index (κ2) is 8.39. The second-order valence-electron chi connectivity index (χ2n) is 7.80. The molecule has 1 aliphatic rings. The predicted molar refractivity (Wildman–Crippen MR) is 108 cm³/mol. The van der Waals surface area contributed by atoms with Crippen LogP contribution in [0.5, 0.6) is 0 Å². The van der Waals surface area contributed by atoms with Crippen molar-refractivity contribution in [1.82, 2.24) is 24.5 Å². The quantitative estimate of drug-likeness (QED) is 0.635. The van der Waals surface area contributed by atoms with Gasteiger partial charge in [-0.05, 0) is 53.0 Å². The molecular weight excluding hydrogens is 370 g/mol. The van der Waals surface area contributed by atoms with Crippen LogP contribution in [-0.4, -0.2) is 49.5 Å². The van der Waals surface area contributed by atoms with E-state index < -0.39 is 0 Å². The first-order valence-corrected chi connectivity index (χ1v) is 10.3. The third kappa shape index (κ3) is 4.36. The first-order chi connectivity index (χ1) is 13.8. The number of aromatic nitrogens is 4. The number of carbonyl (C=O) groups is 2. The number of hydrogen-bond acceptors (Lipinski definition) is 5. The highest BCUT2D eigenvalue weighted by molar-refractivity contribution is 5.93. The summed E-state index contributed by atoms with van der Waals surface area (Å²) < 4.78 is 8.73. The molecule has 0 aromatic carbocycles. The molecule has 1 amide bonds. The summed E-state index contributed by atoms with van der Waals surface area (Å²) in [4.78, 5) is 27.4. The van der Waals surface area contributed by atoms with Crippen LogP contribution in [0.2, 0.25) is 0 Å². The van der Waals surface area contributed by atoms with Crippen molar-refractivity contribution < 1.29 is 14.3 Å². The first-order valence-electron chi connectivity index (χ1n) is 10.3. The third-order valence-electron chi connectivity index (χ3n) is 5.68. The summed E-state index contributed by atoms with van der Waals surface area (Å²) in [5.74, 6) is -0.203. The van der Waals surface area contributed by atoms with Crippen molar-refractivity contribution in [3.8, 4) is 0 Å². The monoisotopic (exact) mass is 401 g/mol. The minimum Gasteiger partial charge on any atom is -0.466 e. The zero-order valence-electron chi connectivity index (χ0n) is 18.2. The van der Waals surface area contributed by atoms with Crippen LogP contribution in [0.3, 0.4) is 0 Å². The van der Waals surface area contributed by atoms with Crippen molar-refractivity contribution in [2.75, 3.05) is 13.2 Å². The topological polar surface area (TPSA) is 82.2 Å². The Labute approximate surface area is 171 Å². The molecule has 0 radical (unpaired) electrons. The van der Waals surface area contributed by atoms with Gasteiger partial charge in [-0.2, -0.15) is 10.2 Å². The minimum atomic E-state index is -0.159. The number of carbonyl (C=O) groups excluding carboxylic acids is 2. The summed E-state index contributed by atoms with van der Waals surface area (Å²) in [5, 5.41) is 8.90. The molecule has 0 unspecified atom stereocenters. The first kappa shape index (κ1) is 21.1. The van der Waals surface area contributed by atoms with E-state index in [-0.39, 0.29) is 23.7 Å². The Hall–Kier alpha value is -2.64. The highest BCUT2D eigenvalue weighted by Gasteiger charge is 2.45. The van der Waals surface area contributed by atoms with E-state index >= 15 is 0 Å². The molecule has 1 aliphatic carbocycles. The van der Waals surface area contributed by atoms with Crippen molar-refractivity contribution in [3.63, 3.8) is 0 Å². The molecule has 0 bridgehead atoms. The molecule has 8 nitrogen and oxygen atoms in total. The standard InChI is InChI=1S/C21H31N5O3/c1-7-26-19(9-13(3)22-26)20(27)25(11-16-10-17(16)21(28)29-8-2)12-18-14(4)23-24(6)15(18)5/h9,16-17H,7-8,10-12H2,1-6H3/t16-,17-/m0/s1. The lowest BCUT2D eigenvalue weighted by atomic mass is 10.1. The van der Waals surface area contributed by atoms with Gasteiger partial charge in [-0.25, -0.2) is 0 Å². The van der Waals surface area contributed by atoms with Crippen LogP contribution in [-0.2, 0) is 29.7 Å². The lowest BCUT2D eigenvalue weighted by molar-refractivity contribution is -0.145. The van der Waals surface area contributed by atoms with Gasteiger partial charge in [-0.15, -0.1) is 0 Å². The molecule has 2 atom stereocenters. The molecule has 1 fully saturated rings. The number of ether oxygens (including phenoxy) is 1. The van der Waals surface area contributed by atoms with Crippen molar-refractivity contribution in [2.24, 2.45) is 18.9 Å². The molecule has 2 heterocycles. The van der Waals surface area contributed by atoms with E-state index in [4.69, 9.17) is 4.74 Å². The van der Waals surface area contributed by atoms with Gasteiger partial charge < -0.3 is 9.64 Å². The Morgan fingerprint density at radius 2 is 1.97 bits per heavy atom. The Balaban J connectivity index is 1.85. The molecule has 0 spiro atoms. The Bertz CT molecular complexity index is 914. The maximum Gasteiger partial charge on any atom is 0.309 e. The lowest BCUT2D eigenvalue weighted by Crippen LogP contribution is -2.35. The van der Waals surface area contributed by atoms with Crippen LogP contribution in [0.15, 0.2) is 6.07 Å². The van der Waals surface area contributed by atoms with Crippen LogP contribution >= 0.6 is 0 Å². The molecule has 2 aromatic rings. The number of nitrogens with zero attached hydrogens (tertiary/aromatic N) is 5. The molecule has 8 heteroatoms. The van der Waals surface area contributed by atoms with E-state index in [0.717, 1.165) is 29.1 Å². The molecule has 0 N–H and O–H groups in total. The molecule has 0 saturated heterocycles. The van der Waals surface area contributed by atoms with Crippen LogP contribution in [0.4, 0.5) is 0 Å². The van der Waals surface area contributed by atoms with Gasteiger partial charge in [-0.3, -0.25) is 19.0 Å². The highest BCUT2D eigenvalue weighted by Crippen LogP contribution is 2.40. The summed E-state index contributed by atoms with van der Waals surface area (Å²) in [5.41, 5.74) is 4.41. The van der Waals surface area contributed by atoms with Crippen LogP contribution in [0.25, 0.3) is 0 Å². The van der Waals surface area contributed by atoms with Crippen molar-refractivity contribution in [2.45, 2.75) is 54.1 Å². The maximum absolute atomic E-state index is 13.5. The largest absolute Gasteiger partial charge is 0.466 e. The zero-order chi connectivity index (χ0) is 21.3. The molecule has 0 aliphatic heterocycles. The van der Waals surface area contributed by atoms with Crippen LogP contribution in [0, 0.1) is 32.6 Å². The van der Waals surface area contributed by atoms with Gasteiger partial charge >= 0.3 is 5.97 Å². The number of rotatable bonds is 8. The fraction of sp³-hybridized carbons (Fsp3) is 0.619. The molecule has 158 valence electrons. The fourth-order valence-electron chi connectivity index (χ4n) is 3.85. The molecule has 29 heavy (non-hydrogen) atoms. The third-order valence-corrected chi connectivity index (χ3v) is 5.68. The van der Waals surface area contributed by atoms with Gasteiger partial charge in [0, 0.05) is 37.9 Å². The van der Waals surface area contributed by atoms with Crippen LogP contribution < -0.4 is 0 Å². The number of esters is 1. The summed E-state index contributed by atoms with van der Waals surface area (Å²) in [7, 11) is 1.91. The van der Waals surface area contributed by atoms with Gasteiger partial charge in [-0.1, -0.05) is 0 Å². The van der Waals surface area contributed by atoms with E-state index in [2.05, 4.69) is 10.2 Å². The van der Waals surface area contributed by atoms with E-state index in [1.807, 2.05) is 57.3 Å². The van der Waals surface area contributed by atoms with Crippen molar-refractivity contribution in [3.05, 3.63) is 34.4 Å². The maximum atomic E-state index is 13.5. The zero-order valence-corrected chi connectivity index (χ0v) is 18.2. The van der Waals surface area contributed by atoms with Gasteiger partial charge in [0.1, 0.15) is 5.69 Å². The van der Waals surface area contributed by atoms with Crippen LogP contribution in [0.1, 0.15) is 53.4 Å². The SMILES string of the molecule is CCOC(=O)[C@H]1C[C@H]1CN(Cc1c(C)nn(C)c1C)C(=O)c1cc(C)nn1CC. The lowest BCUT2D eigenvalue weighted by Gasteiger charge is -2.23. The average molecular weight is 402 g/mol. The fourth-order valence-corrected chi connectivity index (χ4v) is 3.85. The van der Waals surface area contributed by atoms with E-state index in [1.54, 1.807) is 4.68 Å². The summed E-state index contributed by atoms with van der Waals surface area (Å²) in [6.07, 6.45) is 0.764. The smallest absolute Gasteiger partial charge is 0.309 e. The number of aryl methyl sites for hydroxylation is 4. The average Bonchev–Trinajstić information content (AvgIpc) is 3.28. The molecule has 2 aromatic heterocycles. The van der Waals surface area contributed by atoms with E-state index in [0.29, 0.717) is 31.9 Å². The van der Waals surface area contributed by atoms with E-state index in [1.165, 1.54) is 0 Å². The van der Waals surface area contributed by atoms with Gasteiger partial charge in [0.05, 0.1) is 23.9 Å². The summed E-state index contributed by atoms with van der Waals surface area (Å²) in [6, 6.07) is 1.83. The predicted octanol–water partition coefficient (Wildman–Crippen LogP) is 2.40. The highest BCUT2D eigenvalue weighted by atomic mass is 16.5. The van der Waals surface area contributed by atoms with Gasteiger partial charge in [0.25, 0.3) is 5.91 Å².